The van der Waals surface area contributed by atoms with Crippen LogP contribution in [0.25, 0.3) is 0 Å². The fourth-order valence-corrected chi connectivity index (χ4v) is 3.09. The average Bonchev–Trinajstić information content (AvgIpc) is 3.05. The molecule has 0 radical (unpaired) electrons. The first kappa shape index (κ1) is 15.6. The molecule has 2 heterocycles. The summed E-state index contributed by atoms with van der Waals surface area (Å²) >= 11 is 0. The minimum Gasteiger partial charge on any atom is -0.442 e. The Labute approximate surface area is 134 Å². The quantitative estimate of drug-likeness (QED) is 0.916. The van der Waals surface area contributed by atoms with Gasteiger partial charge in [0.05, 0.1) is 12.6 Å². The summed E-state index contributed by atoms with van der Waals surface area (Å²) in [6.45, 7) is 3.83. The number of ether oxygens (including phenoxy) is 1. The number of carbonyl (C=O) groups is 2. The molecule has 2 aliphatic heterocycles. The molecule has 2 saturated heterocycles. The van der Waals surface area contributed by atoms with E-state index in [9.17, 15) is 14.0 Å². The standard InChI is InChI=1S/C16H20FN3O3/c1-2-18-15(21)19-9-13-14(10-19)23-16(22)20(13)8-7-11-3-5-12(17)6-4-11/h3-6,13-14H,2,7-10H2,1H3,(H,18,21)/t13-,14+/m0/s1. The summed E-state index contributed by atoms with van der Waals surface area (Å²) in [7, 11) is 0. The van der Waals surface area contributed by atoms with Crippen molar-refractivity contribution < 1.29 is 18.7 Å². The topological polar surface area (TPSA) is 61.9 Å². The zero-order valence-electron chi connectivity index (χ0n) is 13.0. The van der Waals surface area contributed by atoms with Crippen LogP contribution in [0.15, 0.2) is 24.3 Å². The molecule has 6 nitrogen and oxygen atoms in total. The number of halogens is 1. The number of nitrogens with one attached hydrogen (secondary N) is 1. The first-order valence-electron chi connectivity index (χ1n) is 7.83. The lowest BCUT2D eigenvalue weighted by Gasteiger charge is -2.22. The number of likely N-dealkylation sites (tertiary alicyclic amines) is 1. The molecule has 0 spiro atoms. The Morgan fingerprint density at radius 2 is 2.09 bits per heavy atom. The molecule has 0 saturated carbocycles. The summed E-state index contributed by atoms with van der Waals surface area (Å²) in [5.74, 6) is -0.275. The number of urea groups is 1. The second-order valence-corrected chi connectivity index (χ2v) is 5.80. The fourth-order valence-electron chi connectivity index (χ4n) is 3.09. The highest BCUT2D eigenvalue weighted by molar-refractivity contribution is 5.76. The van der Waals surface area contributed by atoms with E-state index in [1.165, 1.54) is 12.1 Å². The van der Waals surface area contributed by atoms with Crippen LogP contribution in [0, 0.1) is 5.82 Å². The largest absolute Gasteiger partial charge is 0.442 e. The van der Waals surface area contributed by atoms with E-state index in [4.69, 9.17) is 4.74 Å². The van der Waals surface area contributed by atoms with Crippen molar-refractivity contribution >= 4 is 12.1 Å². The van der Waals surface area contributed by atoms with Crippen molar-refractivity contribution in [2.24, 2.45) is 0 Å². The van der Waals surface area contributed by atoms with E-state index in [2.05, 4.69) is 5.32 Å². The van der Waals surface area contributed by atoms with Crippen LogP contribution in [0.4, 0.5) is 14.0 Å². The smallest absolute Gasteiger partial charge is 0.410 e. The minimum absolute atomic E-state index is 0.106. The lowest BCUT2D eigenvalue weighted by Crippen LogP contribution is -2.43. The van der Waals surface area contributed by atoms with E-state index < -0.39 is 0 Å². The molecule has 2 atom stereocenters. The zero-order chi connectivity index (χ0) is 16.4. The lowest BCUT2D eigenvalue weighted by atomic mass is 10.1. The van der Waals surface area contributed by atoms with E-state index in [1.807, 2.05) is 6.92 Å². The van der Waals surface area contributed by atoms with Gasteiger partial charge in [-0.25, -0.2) is 14.0 Å². The molecule has 2 fully saturated rings. The predicted octanol–water partition coefficient (Wildman–Crippen LogP) is 1.60. The summed E-state index contributed by atoms with van der Waals surface area (Å²) in [5.41, 5.74) is 0.959. The van der Waals surface area contributed by atoms with Gasteiger partial charge < -0.3 is 15.0 Å². The van der Waals surface area contributed by atoms with Gasteiger partial charge in [0.2, 0.25) is 0 Å². The van der Waals surface area contributed by atoms with E-state index >= 15 is 0 Å². The molecular formula is C16H20FN3O3. The molecule has 0 unspecified atom stereocenters. The van der Waals surface area contributed by atoms with Crippen molar-refractivity contribution in [3.8, 4) is 0 Å². The van der Waals surface area contributed by atoms with E-state index in [0.29, 0.717) is 32.6 Å². The molecule has 124 valence electrons. The first-order valence-corrected chi connectivity index (χ1v) is 7.83. The summed E-state index contributed by atoms with van der Waals surface area (Å²) in [4.78, 5) is 27.2. The SMILES string of the molecule is CCNC(=O)N1C[C@H]2OC(=O)N(CCc3ccc(F)cc3)[C@H]2C1. The number of rotatable bonds is 4. The van der Waals surface area contributed by atoms with Crippen LogP contribution in [0.2, 0.25) is 0 Å². The fraction of sp³-hybridized carbons (Fsp3) is 0.500. The Balaban J connectivity index is 1.60. The Kier molecular flexibility index (Phi) is 4.36. The van der Waals surface area contributed by atoms with Gasteiger partial charge in [-0.05, 0) is 31.0 Å². The van der Waals surface area contributed by atoms with E-state index in [-0.39, 0.29) is 30.1 Å². The zero-order valence-corrected chi connectivity index (χ0v) is 13.0. The number of carbonyl (C=O) groups excluding carboxylic acids is 2. The molecule has 0 bridgehead atoms. The minimum atomic E-state index is -0.335. The van der Waals surface area contributed by atoms with Crippen molar-refractivity contribution in [3.63, 3.8) is 0 Å². The highest BCUT2D eigenvalue weighted by Gasteiger charge is 2.48. The third-order valence-electron chi connectivity index (χ3n) is 4.29. The second kappa shape index (κ2) is 6.44. The van der Waals surface area contributed by atoms with Gasteiger partial charge in [0, 0.05) is 19.6 Å². The summed E-state index contributed by atoms with van der Waals surface area (Å²) < 4.78 is 18.3. The Morgan fingerprint density at radius 3 is 2.78 bits per heavy atom. The molecule has 2 aliphatic rings. The number of benzene rings is 1. The van der Waals surface area contributed by atoms with E-state index in [0.717, 1.165) is 5.56 Å². The van der Waals surface area contributed by atoms with Gasteiger partial charge in [0.15, 0.2) is 0 Å². The molecule has 3 amide bonds. The third kappa shape index (κ3) is 3.23. The van der Waals surface area contributed by atoms with Crippen LogP contribution in [0.1, 0.15) is 12.5 Å². The molecule has 0 aliphatic carbocycles. The van der Waals surface area contributed by atoms with Gasteiger partial charge in [-0.2, -0.15) is 0 Å². The van der Waals surface area contributed by atoms with Crippen LogP contribution >= 0.6 is 0 Å². The molecule has 1 N–H and O–H groups in total. The van der Waals surface area contributed by atoms with Gasteiger partial charge in [-0.15, -0.1) is 0 Å². The second-order valence-electron chi connectivity index (χ2n) is 5.80. The van der Waals surface area contributed by atoms with Crippen LogP contribution in [-0.4, -0.2) is 60.2 Å². The maximum Gasteiger partial charge on any atom is 0.410 e. The van der Waals surface area contributed by atoms with Crippen LogP contribution in [0.5, 0.6) is 0 Å². The molecule has 3 rings (SSSR count). The molecule has 1 aromatic carbocycles. The summed E-state index contributed by atoms with van der Waals surface area (Å²) in [6, 6.07) is 6.01. The van der Waals surface area contributed by atoms with Crippen molar-refractivity contribution in [2.45, 2.75) is 25.5 Å². The van der Waals surface area contributed by atoms with Gasteiger partial charge in [-0.3, -0.25) is 4.90 Å². The lowest BCUT2D eigenvalue weighted by molar-refractivity contribution is 0.123. The van der Waals surface area contributed by atoms with Crippen molar-refractivity contribution in [3.05, 3.63) is 35.6 Å². The Bertz CT molecular complexity index is 593. The van der Waals surface area contributed by atoms with Crippen LogP contribution in [0.3, 0.4) is 0 Å². The van der Waals surface area contributed by atoms with Crippen LogP contribution < -0.4 is 5.32 Å². The van der Waals surface area contributed by atoms with E-state index in [1.54, 1.807) is 21.9 Å². The monoisotopic (exact) mass is 321 g/mol. The molecule has 1 aromatic rings. The van der Waals surface area contributed by atoms with Gasteiger partial charge >= 0.3 is 12.1 Å². The number of fused-ring (bicyclic) bond motifs is 1. The van der Waals surface area contributed by atoms with Gasteiger partial charge in [0.25, 0.3) is 0 Å². The summed E-state index contributed by atoms with van der Waals surface area (Å²) in [5, 5.41) is 2.76. The number of amides is 3. The number of hydrogen-bond donors (Lipinski definition) is 1. The third-order valence-corrected chi connectivity index (χ3v) is 4.29. The van der Waals surface area contributed by atoms with Crippen molar-refractivity contribution in [1.82, 2.24) is 15.1 Å². The molecule has 23 heavy (non-hydrogen) atoms. The number of hydrogen-bond acceptors (Lipinski definition) is 3. The number of nitrogens with zero attached hydrogens (tertiary/aromatic N) is 2. The highest BCUT2D eigenvalue weighted by Crippen LogP contribution is 2.27. The Hall–Kier alpha value is -2.31. The maximum atomic E-state index is 12.9. The molecule has 7 heteroatoms. The Morgan fingerprint density at radius 1 is 1.35 bits per heavy atom. The first-order chi connectivity index (χ1) is 11.1. The maximum absolute atomic E-state index is 12.9. The average molecular weight is 321 g/mol. The molecular weight excluding hydrogens is 301 g/mol. The summed E-state index contributed by atoms with van der Waals surface area (Å²) in [6.07, 6.45) is 0.0238. The van der Waals surface area contributed by atoms with Crippen molar-refractivity contribution in [2.75, 3.05) is 26.2 Å². The van der Waals surface area contributed by atoms with Gasteiger partial charge in [-0.1, -0.05) is 12.1 Å². The predicted molar refractivity (Wildman–Crippen MR) is 81.5 cm³/mol. The normalized spacial score (nSPS) is 23.0. The van der Waals surface area contributed by atoms with Crippen LogP contribution in [-0.2, 0) is 11.2 Å². The highest BCUT2D eigenvalue weighted by atomic mass is 19.1. The molecule has 0 aromatic heterocycles. The van der Waals surface area contributed by atoms with Crippen molar-refractivity contribution in [1.29, 1.82) is 0 Å². The van der Waals surface area contributed by atoms with Gasteiger partial charge in [0.1, 0.15) is 11.9 Å².